The van der Waals surface area contributed by atoms with Crippen molar-refractivity contribution in [3.63, 3.8) is 0 Å². The lowest BCUT2D eigenvalue weighted by molar-refractivity contribution is 0.0588. The van der Waals surface area contributed by atoms with E-state index in [9.17, 15) is 14.4 Å². The van der Waals surface area contributed by atoms with Crippen molar-refractivity contribution < 1.29 is 19.1 Å². The molecule has 0 aliphatic heterocycles. The van der Waals surface area contributed by atoms with Crippen molar-refractivity contribution in [3.8, 4) is 11.4 Å². The lowest BCUT2D eigenvalue weighted by Crippen LogP contribution is -2.31. The van der Waals surface area contributed by atoms with Gasteiger partial charge in [-0.3, -0.25) is 9.59 Å². The van der Waals surface area contributed by atoms with Crippen LogP contribution in [0, 0.1) is 0 Å². The summed E-state index contributed by atoms with van der Waals surface area (Å²) in [5.41, 5.74) is 2.48. The first kappa shape index (κ1) is 25.7. The molecule has 1 heterocycles. The topological polar surface area (TPSA) is 86.6 Å². The van der Waals surface area contributed by atoms with Crippen LogP contribution in [0.5, 0.6) is 5.75 Å². The Bertz CT molecular complexity index is 1510. The molecule has 0 aliphatic rings. The van der Waals surface area contributed by atoms with Gasteiger partial charge in [-0.25, -0.2) is 4.79 Å². The molecule has 0 radical (unpaired) electrons. The molecule has 190 valence electrons. The number of nitrogens with one attached hydrogen (secondary N) is 1. The number of esters is 1. The molecule has 1 N–H and O–H groups in total. The Morgan fingerprint density at radius 3 is 2.19 bits per heavy atom. The van der Waals surface area contributed by atoms with Crippen LogP contribution in [0.2, 0.25) is 0 Å². The maximum absolute atomic E-state index is 13.6. The fourth-order valence-electron chi connectivity index (χ4n) is 4.25. The minimum absolute atomic E-state index is 0.0410. The molecule has 0 bridgehead atoms. The molecule has 1 aromatic heterocycles. The summed E-state index contributed by atoms with van der Waals surface area (Å²) in [6.45, 7) is 6.15. The Morgan fingerprint density at radius 1 is 0.919 bits per heavy atom. The second-order valence-electron chi connectivity index (χ2n) is 9.71. The monoisotopic (exact) mass is 498 g/mol. The van der Waals surface area contributed by atoms with Crippen molar-refractivity contribution in [3.05, 3.63) is 105 Å². The summed E-state index contributed by atoms with van der Waals surface area (Å²) in [4.78, 5) is 39.7. The van der Waals surface area contributed by atoms with E-state index in [1.807, 2.05) is 42.5 Å². The van der Waals surface area contributed by atoms with Gasteiger partial charge in [-0.2, -0.15) is 0 Å². The third-order valence-corrected chi connectivity index (χ3v) is 6.31. The maximum Gasteiger partial charge on any atom is 0.355 e. The molecule has 0 unspecified atom stereocenters. The van der Waals surface area contributed by atoms with Gasteiger partial charge < -0.3 is 19.4 Å². The number of ether oxygens (including phenoxy) is 2. The van der Waals surface area contributed by atoms with Crippen LogP contribution >= 0.6 is 0 Å². The van der Waals surface area contributed by atoms with Gasteiger partial charge in [0.05, 0.1) is 25.3 Å². The average Bonchev–Trinajstić information content (AvgIpc) is 2.91. The Hall–Kier alpha value is -4.39. The normalized spacial score (nSPS) is 11.3. The van der Waals surface area contributed by atoms with Crippen LogP contribution in [0.25, 0.3) is 16.6 Å². The predicted octanol–water partition coefficient (Wildman–Crippen LogP) is 5.01. The van der Waals surface area contributed by atoms with E-state index >= 15 is 0 Å². The molecule has 0 saturated carbocycles. The SMILES string of the molecule is COC(=O)c1c(CNC(=O)c2ccc(C(C)(C)C)cc2)c(=O)c2ccc(OC)cc2n1-c1ccccc1. The van der Waals surface area contributed by atoms with Gasteiger partial charge in [0.1, 0.15) is 11.4 Å². The number of methoxy groups -OCH3 is 2. The molecule has 3 aromatic carbocycles. The highest BCUT2D eigenvalue weighted by molar-refractivity contribution is 5.97. The minimum Gasteiger partial charge on any atom is -0.497 e. The molecule has 7 nitrogen and oxygen atoms in total. The molecular weight excluding hydrogens is 468 g/mol. The zero-order valence-corrected chi connectivity index (χ0v) is 21.6. The van der Waals surface area contributed by atoms with Gasteiger partial charge >= 0.3 is 5.97 Å². The third kappa shape index (κ3) is 5.11. The number of aromatic nitrogens is 1. The number of pyridine rings is 1. The first-order valence-corrected chi connectivity index (χ1v) is 11.9. The van der Waals surface area contributed by atoms with Crippen molar-refractivity contribution >= 4 is 22.8 Å². The Balaban J connectivity index is 1.84. The van der Waals surface area contributed by atoms with E-state index in [-0.39, 0.29) is 34.6 Å². The van der Waals surface area contributed by atoms with Crippen LogP contribution in [0.4, 0.5) is 0 Å². The maximum atomic E-state index is 13.6. The number of hydrogen-bond acceptors (Lipinski definition) is 5. The highest BCUT2D eigenvalue weighted by Gasteiger charge is 2.25. The lowest BCUT2D eigenvalue weighted by atomic mass is 9.87. The van der Waals surface area contributed by atoms with Crippen LogP contribution in [0.3, 0.4) is 0 Å². The Labute approximate surface area is 215 Å². The predicted molar refractivity (Wildman–Crippen MR) is 144 cm³/mol. The van der Waals surface area contributed by atoms with Crippen molar-refractivity contribution in [2.45, 2.75) is 32.7 Å². The van der Waals surface area contributed by atoms with E-state index in [0.29, 0.717) is 27.9 Å². The largest absolute Gasteiger partial charge is 0.497 e. The fourth-order valence-corrected chi connectivity index (χ4v) is 4.25. The van der Waals surface area contributed by atoms with Gasteiger partial charge in [0.2, 0.25) is 0 Å². The van der Waals surface area contributed by atoms with E-state index < -0.39 is 5.97 Å². The number of hydrogen-bond donors (Lipinski definition) is 1. The van der Waals surface area contributed by atoms with Gasteiger partial charge in [0.15, 0.2) is 5.43 Å². The second kappa shape index (κ2) is 10.3. The number of benzene rings is 3. The molecule has 1 amide bonds. The Kier molecular flexibility index (Phi) is 7.16. The number of carbonyl (C=O) groups is 2. The number of fused-ring (bicyclic) bond motifs is 1. The summed E-state index contributed by atoms with van der Waals surface area (Å²) in [6.07, 6.45) is 0. The first-order chi connectivity index (χ1) is 17.7. The van der Waals surface area contributed by atoms with Gasteiger partial charge in [-0.05, 0) is 47.4 Å². The quantitative estimate of drug-likeness (QED) is 0.378. The number of rotatable bonds is 6. The molecule has 0 spiro atoms. The van der Waals surface area contributed by atoms with Gasteiger partial charge in [-0.15, -0.1) is 0 Å². The molecule has 0 aliphatic carbocycles. The molecule has 0 atom stereocenters. The zero-order valence-electron chi connectivity index (χ0n) is 21.6. The molecule has 0 fully saturated rings. The van der Waals surface area contributed by atoms with Gasteiger partial charge in [0, 0.05) is 29.2 Å². The van der Waals surface area contributed by atoms with Crippen molar-refractivity contribution in [1.29, 1.82) is 0 Å². The number of carbonyl (C=O) groups excluding carboxylic acids is 2. The highest BCUT2D eigenvalue weighted by Crippen LogP contribution is 2.26. The minimum atomic E-state index is -0.690. The van der Waals surface area contributed by atoms with Crippen molar-refractivity contribution in [1.82, 2.24) is 9.88 Å². The summed E-state index contributed by atoms with van der Waals surface area (Å²) in [7, 11) is 2.79. The summed E-state index contributed by atoms with van der Waals surface area (Å²) in [5, 5.41) is 3.20. The Morgan fingerprint density at radius 2 is 1.59 bits per heavy atom. The summed E-state index contributed by atoms with van der Waals surface area (Å²) in [6, 6.07) is 21.6. The molecule has 7 heteroatoms. The number of para-hydroxylation sites is 1. The van der Waals surface area contributed by atoms with Gasteiger partial charge in [0.25, 0.3) is 5.91 Å². The summed E-state index contributed by atoms with van der Waals surface area (Å²) < 4.78 is 12.1. The lowest BCUT2D eigenvalue weighted by Gasteiger charge is -2.20. The van der Waals surface area contributed by atoms with E-state index in [1.165, 1.54) is 14.2 Å². The van der Waals surface area contributed by atoms with E-state index in [1.54, 1.807) is 34.9 Å². The average molecular weight is 499 g/mol. The molecule has 4 aromatic rings. The number of amides is 1. The van der Waals surface area contributed by atoms with Crippen molar-refractivity contribution in [2.24, 2.45) is 0 Å². The standard InChI is InChI=1S/C30H30N2O5/c1-30(2,3)20-13-11-19(12-14-20)28(34)31-18-24-26(29(35)37-5)32(21-9-7-6-8-10-21)25-17-22(36-4)15-16-23(25)27(24)33/h6-17H,18H2,1-5H3,(H,31,34). The van der Waals surface area contributed by atoms with Crippen LogP contribution in [-0.4, -0.2) is 30.7 Å². The molecule has 4 rings (SSSR count). The van der Waals surface area contributed by atoms with Crippen LogP contribution < -0.4 is 15.5 Å². The highest BCUT2D eigenvalue weighted by atomic mass is 16.5. The zero-order chi connectivity index (χ0) is 26.7. The number of nitrogens with zero attached hydrogens (tertiary/aromatic N) is 1. The smallest absolute Gasteiger partial charge is 0.355 e. The fraction of sp³-hybridized carbons (Fsp3) is 0.233. The van der Waals surface area contributed by atoms with E-state index in [4.69, 9.17) is 9.47 Å². The molecular formula is C30H30N2O5. The first-order valence-electron chi connectivity index (χ1n) is 11.9. The van der Waals surface area contributed by atoms with E-state index in [2.05, 4.69) is 26.1 Å². The molecule has 0 saturated heterocycles. The van der Waals surface area contributed by atoms with Crippen LogP contribution in [0.1, 0.15) is 52.7 Å². The third-order valence-electron chi connectivity index (χ3n) is 6.31. The van der Waals surface area contributed by atoms with Crippen LogP contribution in [0.15, 0.2) is 77.6 Å². The van der Waals surface area contributed by atoms with Crippen LogP contribution in [-0.2, 0) is 16.7 Å². The second-order valence-corrected chi connectivity index (χ2v) is 9.71. The summed E-state index contributed by atoms with van der Waals surface area (Å²) >= 11 is 0. The van der Waals surface area contributed by atoms with E-state index in [0.717, 1.165) is 5.56 Å². The molecule has 37 heavy (non-hydrogen) atoms. The summed E-state index contributed by atoms with van der Waals surface area (Å²) in [5.74, 6) is -0.506. The van der Waals surface area contributed by atoms with Gasteiger partial charge in [-0.1, -0.05) is 51.1 Å². The van der Waals surface area contributed by atoms with Crippen molar-refractivity contribution in [2.75, 3.05) is 14.2 Å².